The van der Waals surface area contributed by atoms with E-state index in [4.69, 9.17) is 0 Å². The van der Waals surface area contributed by atoms with Crippen molar-refractivity contribution < 1.29 is 0 Å². The Hall–Kier alpha value is -1.76. The van der Waals surface area contributed by atoms with Gasteiger partial charge in [-0.25, -0.2) is 0 Å². The molecular formula is C19H25N. The molecule has 0 aliphatic rings. The zero-order valence-electron chi connectivity index (χ0n) is 12.8. The molecule has 0 heterocycles. The lowest BCUT2D eigenvalue weighted by Crippen LogP contribution is -2.00. The van der Waals surface area contributed by atoms with Crippen molar-refractivity contribution in [3.05, 3.63) is 65.2 Å². The summed E-state index contributed by atoms with van der Waals surface area (Å²) in [7, 11) is 0. The van der Waals surface area contributed by atoms with E-state index < -0.39 is 0 Å². The average Bonchev–Trinajstić information content (AvgIpc) is 2.46. The molecule has 1 heteroatoms. The van der Waals surface area contributed by atoms with Gasteiger partial charge in [0.1, 0.15) is 0 Å². The van der Waals surface area contributed by atoms with Crippen molar-refractivity contribution in [3.8, 4) is 0 Å². The third-order valence-corrected chi connectivity index (χ3v) is 3.50. The molecule has 1 N–H and O–H groups in total. The average molecular weight is 267 g/mol. The van der Waals surface area contributed by atoms with E-state index in [9.17, 15) is 0 Å². The van der Waals surface area contributed by atoms with Gasteiger partial charge in [-0.2, -0.15) is 0 Å². The van der Waals surface area contributed by atoms with Crippen LogP contribution in [0.4, 0.5) is 5.69 Å². The molecular weight excluding hydrogens is 242 g/mol. The van der Waals surface area contributed by atoms with Gasteiger partial charge in [0.2, 0.25) is 0 Å². The third kappa shape index (κ3) is 4.41. The largest absolute Gasteiger partial charge is 0.381 e. The minimum Gasteiger partial charge on any atom is -0.381 e. The van der Waals surface area contributed by atoms with E-state index in [-0.39, 0.29) is 0 Å². The first-order chi connectivity index (χ1) is 9.67. The summed E-state index contributed by atoms with van der Waals surface area (Å²) >= 11 is 0. The molecule has 0 bridgehead atoms. The highest BCUT2D eigenvalue weighted by atomic mass is 14.9. The normalized spacial score (nSPS) is 10.8. The standard InChI is InChI=1S/C19H25N/c1-4-16-6-5-7-19(13-16)20-14-18-10-8-17(9-11-18)12-15(2)3/h5-11,13,15,20H,4,12,14H2,1-3H3. The fourth-order valence-corrected chi connectivity index (χ4v) is 2.37. The Labute approximate surface area is 123 Å². The number of nitrogens with one attached hydrogen (secondary N) is 1. The molecule has 0 saturated carbocycles. The molecule has 0 fully saturated rings. The second-order valence-corrected chi connectivity index (χ2v) is 5.82. The molecule has 0 amide bonds. The highest BCUT2D eigenvalue weighted by Gasteiger charge is 1.99. The maximum Gasteiger partial charge on any atom is 0.0400 e. The quantitative estimate of drug-likeness (QED) is 0.771. The minimum absolute atomic E-state index is 0.718. The van der Waals surface area contributed by atoms with Crippen molar-refractivity contribution in [2.45, 2.75) is 40.2 Å². The monoisotopic (exact) mass is 267 g/mol. The van der Waals surface area contributed by atoms with Gasteiger partial charge in [-0.05, 0) is 47.6 Å². The van der Waals surface area contributed by atoms with Crippen LogP contribution in [-0.4, -0.2) is 0 Å². The summed E-state index contributed by atoms with van der Waals surface area (Å²) in [5.74, 6) is 0.718. The van der Waals surface area contributed by atoms with Gasteiger partial charge in [-0.1, -0.05) is 57.2 Å². The molecule has 0 atom stereocenters. The molecule has 1 nitrogen and oxygen atoms in total. The Bertz CT molecular complexity index is 526. The Kier molecular flexibility index (Phi) is 5.23. The summed E-state index contributed by atoms with van der Waals surface area (Å²) in [6.07, 6.45) is 2.24. The lowest BCUT2D eigenvalue weighted by molar-refractivity contribution is 0.647. The van der Waals surface area contributed by atoms with E-state index in [1.807, 2.05) is 0 Å². The molecule has 20 heavy (non-hydrogen) atoms. The lowest BCUT2D eigenvalue weighted by atomic mass is 10.0. The van der Waals surface area contributed by atoms with Crippen LogP contribution < -0.4 is 5.32 Å². The van der Waals surface area contributed by atoms with Crippen molar-refractivity contribution in [3.63, 3.8) is 0 Å². The SMILES string of the molecule is CCc1cccc(NCc2ccc(CC(C)C)cc2)c1. The molecule has 0 spiro atoms. The van der Waals surface area contributed by atoms with Crippen molar-refractivity contribution >= 4 is 5.69 Å². The van der Waals surface area contributed by atoms with Crippen LogP contribution in [0, 0.1) is 5.92 Å². The van der Waals surface area contributed by atoms with Gasteiger partial charge in [0.15, 0.2) is 0 Å². The Morgan fingerprint density at radius 1 is 0.900 bits per heavy atom. The zero-order chi connectivity index (χ0) is 14.4. The van der Waals surface area contributed by atoms with Gasteiger partial charge in [-0.15, -0.1) is 0 Å². The summed E-state index contributed by atoms with van der Waals surface area (Å²) in [6.45, 7) is 7.59. The van der Waals surface area contributed by atoms with Gasteiger partial charge in [0.05, 0.1) is 0 Å². The second kappa shape index (κ2) is 7.14. The fraction of sp³-hybridized carbons (Fsp3) is 0.368. The molecule has 0 radical (unpaired) electrons. The van der Waals surface area contributed by atoms with E-state index in [2.05, 4.69) is 74.6 Å². The highest BCUT2D eigenvalue weighted by molar-refractivity contribution is 5.46. The first-order valence-electron chi connectivity index (χ1n) is 7.58. The Balaban J connectivity index is 1.93. The first-order valence-corrected chi connectivity index (χ1v) is 7.58. The summed E-state index contributed by atoms with van der Waals surface area (Å²) in [4.78, 5) is 0. The second-order valence-electron chi connectivity index (χ2n) is 5.82. The van der Waals surface area contributed by atoms with Crippen LogP contribution in [0.2, 0.25) is 0 Å². The first kappa shape index (κ1) is 14.6. The van der Waals surface area contributed by atoms with Gasteiger partial charge < -0.3 is 5.32 Å². The predicted octanol–water partition coefficient (Wildman–Crippen LogP) is 5.06. The van der Waals surface area contributed by atoms with Crippen LogP contribution in [0.15, 0.2) is 48.5 Å². The van der Waals surface area contributed by atoms with E-state index >= 15 is 0 Å². The van der Waals surface area contributed by atoms with Crippen molar-refractivity contribution in [1.82, 2.24) is 0 Å². The van der Waals surface area contributed by atoms with E-state index in [1.165, 1.54) is 22.4 Å². The maximum absolute atomic E-state index is 3.50. The van der Waals surface area contributed by atoms with Gasteiger partial charge in [0, 0.05) is 12.2 Å². The smallest absolute Gasteiger partial charge is 0.0400 e. The summed E-state index contributed by atoms with van der Waals surface area (Å²) in [6, 6.07) is 17.6. The number of benzene rings is 2. The van der Waals surface area contributed by atoms with E-state index in [0.717, 1.165) is 25.3 Å². The van der Waals surface area contributed by atoms with Gasteiger partial charge in [0.25, 0.3) is 0 Å². The molecule has 0 aliphatic carbocycles. The number of aryl methyl sites for hydroxylation is 1. The van der Waals surface area contributed by atoms with Crippen molar-refractivity contribution in [1.29, 1.82) is 0 Å². The molecule has 2 aromatic carbocycles. The van der Waals surface area contributed by atoms with Crippen molar-refractivity contribution in [2.75, 3.05) is 5.32 Å². The van der Waals surface area contributed by atoms with Crippen LogP contribution in [0.5, 0.6) is 0 Å². The summed E-state index contributed by atoms with van der Waals surface area (Å²) in [5, 5.41) is 3.50. The van der Waals surface area contributed by atoms with Crippen LogP contribution in [-0.2, 0) is 19.4 Å². The molecule has 0 aromatic heterocycles. The molecule has 0 aliphatic heterocycles. The summed E-state index contributed by atoms with van der Waals surface area (Å²) < 4.78 is 0. The predicted molar refractivity (Wildman–Crippen MR) is 88.1 cm³/mol. The number of hydrogen-bond acceptors (Lipinski definition) is 1. The number of hydrogen-bond donors (Lipinski definition) is 1. The van der Waals surface area contributed by atoms with Crippen molar-refractivity contribution in [2.24, 2.45) is 5.92 Å². The minimum atomic E-state index is 0.718. The number of rotatable bonds is 6. The zero-order valence-corrected chi connectivity index (χ0v) is 12.8. The van der Waals surface area contributed by atoms with Crippen LogP contribution in [0.1, 0.15) is 37.5 Å². The van der Waals surface area contributed by atoms with Crippen LogP contribution in [0.25, 0.3) is 0 Å². The third-order valence-electron chi connectivity index (χ3n) is 3.50. The van der Waals surface area contributed by atoms with E-state index in [1.54, 1.807) is 0 Å². The topological polar surface area (TPSA) is 12.0 Å². The lowest BCUT2D eigenvalue weighted by Gasteiger charge is -2.09. The maximum atomic E-state index is 3.50. The molecule has 106 valence electrons. The molecule has 2 aromatic rings. The highest BCUT2D eigenvalue weighted by Crippen LogP contribution is 2.14. The Morgan fingerprint density at radius 2 is 1.60 bits per heavy atom. The van der Waals surface area contributed by atoms with E-state index in [0.29, 0.717) is 0 Å². The number of anilines is 1. The van der Waals surface area contributed by atoms with Crippen LogP contribution >= 0.6 is 0 Å². The molecule has 0 unspecified atom stereocenters. The summed E-state index contributed by atoms with van der Waals surface area (Å²) in [5.41, 5.74) is 5.34. The Morgan fingerprint density at radius 3 is 2.25 bits per heavy atom. The van der Waals surface area contributed by atoms with Crippen LogP contribution in [0.3, 0.4) is 0 Å². The van der Waals surface area contributed by atoms with Gasteiger partial charge >= 0.3 is 0 Å². The molecule has 0 saturated heterocycles. The van der Waals surface area contributed by atoms with Gasteiger partial charge in [-0.3, -0.25) is 0 Å². The fourth-order valence-electron chi connectivity index (χ4n) is 2.37. The molecule has 2 rings (SSSR count).